The van der Waals surface area contributed by atoms with Gasteiger partial charge in [0.25, 0.3) is 10.0 Å². The zero-order valence-corrected chi connectivity index (χ0v) is 15.0. The molecule has 0 amide bonds. The van der Waals surface area contributed by atoms with Crippen molar-refractivity contribution >= 4 is 33.3 Å². The Morgan fingerprint density at radius 2 is 1.83 bits per heavy atom. The van der Waals surface area contributed by atoms with Crippen molar-refractivity contribution in [1.82, 2.24) is 0 Å². The zero-order chi connectivity index (χ0) is 17.7. The molecule has 0 fully saturated rings. The highest BCUT2D eigenvalue weighted by molar-refractivity contribution is 7.92. The number of sulfonamides is 1. The van der Waals surface area contributed by atoms with Gasteiger partial charge in [0.2, 0.25) is 0 Å². The summed E-state index contributed by atoms with van der Waals surface area (Å²) in [4.78, 5) is 11.9. The summed E-state index contributed by atoms with van der Waals surface area (Å²) < 4.78 is 31.9. The lowest BCUT2D eigenvalue weighted by atomic mass is 10.2. The van der Waals surface area contributed by atoms with Gasteiger partial charge in [0.1, 0.15) is 6.54 Å². The lowest BCUT2D eigenvalue weighted by Crippen LogP contribution is -2.36. The van der Waals surface area contributed by atoms with Gasteiger partial charge in [-0.15, -0.1) is 0 Å². The van der Waals surface area contributed by atoms with Crippen LogP contribution in [-0.2, 0) is 19.6 Å². The van der Waals surface area contributed by atoms with Gasteiger partial charge in [-0.3, -0.25) is 9.10 Å². The first-order chi connectivity index (χ1) is 11.3. The number of anilines is 1. The second kappa shape index (κ2) is 7.68. The van der Waals surface area contributed by atoms with Gasteiger partial charge in [-0.05, 0) is 55.8 Å². The van der Waals surface area contributed by atoms with E-state index >= 15 is 0 Å². The van der Waals surface area contributed by atoms with Crippen molar-refractivity contribution in [2.24, 2.45) is 0 Å². The molecule has 0 bridgehead atoms. The summed E-state index contributed by atoms with van der Waals surface area (Å²) in [6, 6.07) is 12.7. The van der Waals surface area contributed by atoms with E-state index in [2.05, 4.69) is 0 Å². The van der Waals surface area contributed by atoms with Crippen LogP contribution in [0.15, 0.2) is 53.4 Å². The van der Waals surface area contributed by atoms with Crippen molar-refractivity contribution in [3.8, 4) is 0 Å². The molecule has 0 atom stereocenters. The second-order valence-electron chi connectivity index (χ2n) is 5.11. The fraction of sp³-hybridized carbons (Fsp3) is 0.235. The van der Waals surface area contributed by atoms with Crippen LogP contribution in [0.2, 0.25) is 5.02 Å². The molecule has 0 saturated carbocycles. The zero-order valence-electron chi connectivity index (χ0n) is 13.4. The Bertz CT molecular complexity index is 819. The molecule has 0 N–H and O–H groups in total. The average molecular weight is 368 g/mol. The smallest absolute Gasteiger partial charge is 0.326 e. The molecule has 24 heavy (non-hydrogen) atoms. The molecule has 0 aromatic heterocycles. The first-order valence-electron chi connectivity index (χ1n) is 7.35. The first-order valence-corrected chi connectivity index (χ1v) is 9.17. The van der Waals surface area contributed by atoms with Gasteiger partial charge in [0.15, 0.2) is 0 Å². The average Bonchev–Trinajstić information content (AvgIpc) is 2.53. The Morgan fingerprint density at radius 1 is 1.17 bits per heavy atom. The maximum Gasteiger partial charge on any atom is 0.326 e. The predicted octanol–water partition coefficient (Wildman–Crippen LogP) is 3.41. The van der Waals surface area contributed by atoms with E-state index in [-0.39, 0.29) is 11.5 Å². The van der Waals surface area contributed by atoms with Crippen LogP contribution in [0.25, 0.3) is 0 Å². The van der Waals surface area contributed by atoms with Crippen LogP contribution >= 0.6 is 11.6 Å². The Morgan fingerprint density at radius 3 is 2.42 bits per heavy atom. The summed E-state index contributed by atoms with van der Waals surface area (Å²) in [5.74, 6) is -0.614. The number of carbonyl (C=O) groups is 1. The number of hydrogen-bond acceptors (Lipinski definition) is 4. The summed E-state index contributed by atoms with van der Waals surface area (Å²) >= 11 is 5.82. The monoisotopic (exact) mass is 367 g/mol. The predicted molar refractivity (Wildman–Crippen MR) is 93.8 cm³/mol. The Balaban J connectivity index is 2.48. The molecule has 2 rings (SSSR count). The van der Waals surface area contributed by atoms with Crippen LogP contribution < -0.4 is 4.31 Å². The number of ether oxygens (including phenoxy) is 1. The third-order valence-electron chi connectivity index (χ3n) is 3.27. The van der Waals surface area contributed by atoms with Crippen LogP contribution in [0.4, 0.5) is 5.69 Å². The molecule has 7 heteroatoms. The largest absolute Gasteiger partial charge is 0.465 e. The SMILES string of the molecule is CCOC(=O)CN(c1cccc(C)c1)S(=O)(=O)c1ccc(Cl)cc1. The van der Waals surface area contributed by atoms with Gasteiger partial charge in [0.05, 0.1) is 17.2 Å². The second-order valence-corrected chi connectivity index (χ2v) is 7.41. The highest BCUT2D eigenvalue weighted by Crippen LogP contribution is 2.25. The first kappa shape index (κ1) is 18.3. The number of rotatable bonds is 6. The highest BCUT2D eigenvalue weighted by Gasteiger charge is 2.27. The van der Waals surface area contributed by atoms with Crippen LogP contribution in [0.5, 0.6) is 0 Å². The van der Waals surface area contributed by atoms with Gasteiger partial charge >= 0.3 is 5.97 Å². The quantitative estimate of drug-likeness (QED) is 0.734. The number of aryl methyl sites for hydroxylation is 1. The van der Waals surface area contributed by atoms with Gasteiger partial charge in [0, 0.05) is 5.02 Å². The standard InChI is InChI=1S/C17H18ClNO4S/c1-3-23-17(20)12-19(15-6-4-5-13(2)11-15)24(21,22)16-9-7-14(18)8-10-16/h4-11H,3,12H2,1-2H3. The third-order valence-corrected chi connectivity index (χ3v) is 5.31. The van der Waals surface area contributed by atoms with E-state index < -0.39 is 22.5 Å². The normalized spacial score (nSPS) is 11.1. The summed E-state index contributed by atoms with van der Waals surface area (Å²) in [6.45, 7) is 3.30. The Hall–Kier alpha value is -2.05. The molecular weight excluding hydrogens is 350 g/mol. The minimum absolute atomic E-state index is 0.0534. The van der Waals surface area contributed by atoms with Gasteiger partial charge in [-0.2, -0.15) is 0 Å². The molecule has 128 valence electrons. The van der Waals surface area contributed by atoms with E-state index in [1.54, 1.807) is 25.1 Å². The summed E-state index contributed by atoms with van der Waals surface area (Å²) in [6.07, 6.45) is 0. The molecule has 0 unspecified atom stereocenters. The van der Waals surface area contributed by atoms with E-state index in [9.17, 15) is 13.2 Å². The molecular formula is C17H18ClNO4S. The number of hydrogen-bond donors (Lipinski definition) is 0. The van der Waals surface area contributed by atoms with Gasteiger partial charge in [-0.1, -0.05) is 23.7 Å². The van der Waals surface area contributed by atoms with Crippen molar-refractivity contribution in [3.63, 3.8) is 0 Å². The number of carbonyl (C=O) groups excluding carboxylic acids is 1. The maximum absolute atomic E-state index is 13.0. The van der Waals surface area contributed by atoms with Gasteiger partial charge in [-0.25, -0.2) is 8.42 Å². The maximum atomic E-state index is 13.0. The minimum Gasteiger partial charge on any atom is -0.465 e. The van der Waals surface area contributed by atoms with E-state index in [0.29, 0.717) is 10.7 Å². The summed E-state index contributed by atoms with van der Waals surface area (Å²) in [5.41, 5.74) is 1.28. The van der Waals surface area contributed by atoms with Crippen LogP contribution in [0.1, 0.15) is 12.5 Å². The van der Waals surface area contributed by atoms with Crippen molar-refractivity contribution < 1.29 is 17.9 Å². The van der Waals surface area contributed by atoms with Crippen molar-refractivity contribution in [2.75, 3.05) is 17.5 Å². The van der Waals surface area contributed by atoms with Crippen molar-refractivity contribution in [1.29, 1.82) is 0 Å². The molecule has 2 aromatic carbocycles. The van der Waals surface area contributed by atoms with E-state index in [1.165, 1.54) is 24.3 Å². The number of halogens is 1. The van der Waals surface area contributed by atoms with Crippen molar-refractivity contribution in [2.45, 2.75) is 18.7 Å². The van der Waals surface area contributed by atoms with E-state index in [1.807, 2.05) is 13.0 Å². The lowest BCUT2D eigenvalue weighted by Gasteiger charge is -2.24. The lowest BCUT2D eigenvalue weighted by molar-refractivity contribution is -0.141. The molecule has 0 aliphatic heterocycles. The summed E-state index contributed by atoms with van der Waals surface area (Å²) in [7, 11) is -3.93. The molecule has 0 spiro atoms. The third kappa shape index (κ3) is 4.27. The van der Waals surface area contributed by atoms with Crippen LogP contribution in [-0.4, -0.2) is 27.5 Å². The summed E-state index contributed by atoms with van der Waals surface area (Å²) in [5, 5.41) is 0.432. The van der Waals surface area contributed by atoms with Crippen LogP contribution in [0, 0.1) is 6.92 Å². The van der Waals surface area contributed by atoms with E-state index in [4.69, 9.17) is 16.3 Å². The number of esters is 1. The molecule has 0 saturated heterocycles. The Labute approximate surface area is 146 Å². The number of nitrogens with zero attached hydrogens (tertiary/aromatic N) is 1. The molecule has 0 aliphatic carbocycles. The molecule has 0 aliphatic rings. The van der Waals surface area contributed by atoms with Crippen molar-refractivity contribution in [3.05, 3.63) is 59.1 Å². The number of benzene rings is 2. The topological polar surface area (TPSA) is 63.7 Å². The molecule has 2 aromatic rings. The van der Waals surface area contributed by atoms with Crippen LogP contribution in [0.3, 0.4) is 0 Å². The highest BCUT2D eigenvalue weighted by atomic mass is 35.5. The minimum atomic E-state index is -3.93. The fourth-order valence-corrected chi connectivity index (χ4v) is 3.68. The molecule has 0 radical (unpaired) electrons. The fourth-order valence-electron chi connectivity index (χ4n) is 2.16. The van der Waals surface area contributed by atoms with Gasteiger partial charge < -0.3 is 4.74 Å². The van der Waals surface area contributed by atoms with E-state index in [0.717, 1.165) is 9.87 Å². The Kier molecular flexibility index (Phi) is 5.85. The molecule has 5 nitrogen and oxygen atoms in total. The molecule has 0 heterocycles.